The van der Waals surface area contributed by atoms with Crippen molar-refractivity contribution in [3.63, 3.8) is 0 Å². The minimum atomic E-state index is 0.0839. The fourth-order valence-corrected chi connectivity index (χ4v) is 3.05. The van der Waals surface area contributed by atoms with Crippen LogP contribution in [0.4, 0.5) is 5.13 Å². The number of phenolic OH excluding ortho intramolecular Hbond substituents is 1. The van der Waals surface area contributed by atoms with Gasteiger partial charge in [0.2, 0.25) is 5.13 Å². The van der Waals surface area contributed by atoms with Gasteiger partial charge in [-0.1, -0.05) is 0 Å². The number of methoxy groups -OCH3 is 3. The maximum absolute atomic E-state index is 9.61. The molecule has 3 rings (SSSR count). The van der Waals surface area contributed by atoms with Crippen LogP contribution in [0.5, 0.6) is 23.0 Å². The van der Waals surface area contributed by atoms with E-state index in [9.17, 15) is 5.11 Å². The molecule has 0 amide bonds. The normalized spacial score (nSPS) is 10.8. The monoisotopic (exact) mass is 385 g/mol. The SMILES string of the molecule is COc1ccc(-c2csc(N/N=C\c3ccc(O)c(OC)c3)n2)c(OC)c1. The van der Waals surface area contributed by atoms with E-state index in [4.69, 9.17) is 14.2 Å². The van der Waals surface area contributed by atoms with E-state index in [-0.39, 0.29) is 5.75 Å². The van der Waals surface area contributed by atoms with Crippen molar-refractivity contribution >= 4 is 22.7 Å². The van der Waals surface area contributed by atoms with Crippen LogP contribution in [0.3, 0.4) is 0 Å². The van der Waals surface area contributed by atoms with Gasteiger partial charge in [-0.25, -0.2) is 4.98 Å². The number of anilines is 1. The summed E-state index contributed by atoms with van der Waals surface area (Å²) in [4.78, 5) is 4.53. The van der Waals surface area contributed by atoms with Gasteiger partial charge in [-0.15, -0.1) is 11.3 Å². The molecule has 140 valence electrons. The minimum Gasteiger partial charge on any atom is -0.504 e. The van der Waals surface area contributed by atoms with Crippen molar-refractivity contribution in [2.75, 3.05) is 26.8 Å². The van der Waals surface area contributed by atoms with Gasteiger partial charge in [-0.05, 0) is 35.9 Å². The van der Waals surface area contributed by atoms with Crippen molar-refractivity contribution in [3.8, 4) is 34.3 Å². The number of benzene rings is 2. The topological polar surface area (TPSA) is 85.2 Å². The summed E-state index contributed by atoms with van der Waals surface area (Å²) < 4.78 is 15.7. The Morgan fingerprint density at radius 1 is 1.04 bits per heavy atom. The second kappa shape index (κ2) is 8.41. The Morgan fingerprint density at radius 2 is 1.85 bits per heavy atom. The lowest BCUT2D eigenvalue weighted by Gasteiger charge is -2.08. The molecule has 0 aliphatic carbocycles. The van der Waals surface area contributed by atoms with E-state index in [0.29, 0.717) is 16.6 Å². The summed E-state index contributed by atoms with van der Waals surface area (Å²) in [6.07, 6.45) is 1.62. The Kier molecular flexibility index (Phi) is 5.77. The van der Waals surface area contributed by atoms with E-state index in [0.717, 1.165) is 22.6 Å². The highest BCUT2D eigenvalue weighted by Crippen LogP contribution is 2.34. The number of thiazole rings is 1. The average Bonchev–Trinajstić information content (AvgIpc) is 3.17. The standard InChI is InChI=1S/C19H19N3O4S/c1-24-13-5-6-14(17(9-13)25-2)15-11-27-19(21-15)22-20-10-12-4-7-16(23)18(8-12)26-3/h4-11,23H,1-3H3,(H,21,22)/b20-10-. The number of nitrogens with zero attached hydrogens (tertiary/aromatic N) is 2. The van der Waals surface area contributed by atoms with Gasteiger partial charge in [-0.2, -0.15) is 5.10 Å². The number of hydrogen-bond donors (Lipinski definition) is 2. The summed E-state index contributed by atoms with van der Waals surface area (Å²) in [6.45, 7) is 0. The lowest BCUT2D eigenvalue weighted by Crippen LogP contribution is -1.92. The first kappa shape index (κ1) is 18.5. The first-order valence-corrected chi connectivity index (χ1v) is 8.86. The molecule has 0 saturated heterocycles. The van der Waals surface area contributed by atoms with Crippen molar-refractivity contribution in [2.45, 2.75) is 0 Å². The molecule has 0 fully saturated rings. The van der Waals surface area contributed by atoms with Crippen molar-refractivity contribution in [3.05, 3.63) is 47.3 Å². The number of phenols is 1. The molecule has 0 aliphatic heterocycles. The van der Waals surface area contributed by atoms with E-state index < -0.39 is 0 Å². The Hall–Kier alpha value is -3.26. The van der Waals surface area contributed by atoms with E-state index in [1.54, 1.807) is 38.6 Å². The zero-order chi connectivity index (χ0) is 19.2. The highest BCUT2D eigenvalue weighted by molar-refractivity contribution is 7.14. The Balaban J connectivity index is 1.73. The second-order valence-electron chi connectivity index (χ2n) is 5.41. The third-order valence-corrected chi connectivity index (χ3v) is 4.51. The molecular formula is C19H19N3O4S. The summed E-state index contributed by atoms with van der Waals surface area (Å²) in [5.74, 6) is 1.88. The molecule has 2 aromatic carbocycles. The van der Waals surface area contributed by atoms with Gasteiger partial charge >= 0.3 is 0 Å². The molecular weight excluding hydrogens is 366 g/mol. The van der Waals surface area contributed by atoms with Crippen LogP contribution in [-0.4, -0.2) is 37.6 Å². The molecule has 0 bridgehead atoms. The molecule has 2 N–H and O–H groups in total. The highest BCUT2D eigenvalue weighted by atomic mass is 32.1. The summed E-state index contributed by atoms with van der Waals surface area (Å²) in [6, 6.07) is 10.6. The quantitative estimate of drug-likeness (QED) is 0.473. The number of ether oxygens (including phenoxy) is 3. The van der Waals surface area contributed by atoms with Gasteiger partial charge < -0.3 is 19.3 Å². The molecule has 1 aromatic heterocycles. The number of nitrogens with one attached hydrogen (secondary N) is 1. The zero-order valence-electron chi connectivity index (χ0n) is 15.1. The average molecular weight is 385 g/mol. The second-order valence-corrected chi connectivity index (χ2v) is 6.26. The van der Waals surface area contributed by atoms with Crippen molar-refractivity contribution in [1.82, 2.24) is 4.98 Å². The van der Waals surface area contributed by atoms with Gasteiger partial charge in [0.25, 0.3) is 0 Å². The lowest BCUT2D eigenvalue weighted by molar-refractivity contribution is 0.373. The minimum absolute atomic E-state index is 0.0839. The summed E-state index contributed by atoms with van der Waals surface area (Å²) in [5, 5.41) is 16.4. The Labute approximate surface area is 160 Å². The Morgan fingerprint density at radius 3 is 2.59 bits per heavy atom. The third-order valence-electron chi connectivity index (χ3n) is 3.77. The first-order valence-electron chi connectivity index (χ1n) is 7.98. The molecule has 0 saturated carbocycles. The number of hydrazone groups is 1. The van der Waals surface area contributed by atoms with Crippen molar-refractivity contribution < 1.29 is 19.3 Å². The van der Waals surface area contributed by atoms with E-state index in [2.05, 4.69) is 15.5 Å². The lowest BCUT2D eigenvalue weighted by atomic mass is 10.1. The van der Waals surface area contributed by atoms with Crippen LogP contribution in [-0.2, 0) is 0 Å². The van der Waals surface area contributed by atoms with Gasteiger partial charge in [0.15, 0.2) is 11.5 Å². The molecule has 7 nitrogen and oxygen atoms in total. The van der Waals surface area contributed by atoms with Crippen LogP contribution >= 0.6 is 11.3 Å². The molecule has 3 aromatic rings. The smallest absolute Gasteiger partial charge is 0.203 e. The maximum Gasteiger partial charge on any atom is 0.203 e. The summed E-state index contributed by atoms with van der Waals surface area (Å²) >= 11 is 1.43. The van der Waals surface area contributed by atoms with Crippen LogP contribution in [0.2, 0.25) is 0 Å². The molecule has 0 radical (unpaired) electrons. The van der Waals surface area contributed by atoms with Crippen LogP contribution in [0.15, 0.2) is 46.9 Å². The van der Waals surface area contributed by atoms with Crippen LogP contribution in [0.1, 0.15) is 5.56 Å². The number of aromatic hydroxyl groups is 1. The van der Waals surface area contributed by atoms with Gasteiger partial charge in [0.05, 0.1) is 33.2 Å². The molecule has 0 spiro atoms. The van der Waals surface area contributed by atoms with Gasteiger partial charge in [0, 0.05) is 17.0 Å². The molecule has 27 heavy (non-hydrogen) atoms. The van der Waals surface area contributed by atoms with E-state index >= 15 is 0 Å². The number of hydrogen-bond acceptors (Lipinski definition) is 8. The first-order chi connectivity index (χ1) is 13.1. The number of aromatic nitrogens is 1. The zero-order valence-corrected chi connectivity index (χ0v) is 15.9. The largest absolute Gasteiger partial charge is 0.504 e. The van der Waals surface area contributed by atoms with Gasteiger partial charge in [-0.3, -0.25) is 5.43 Å². The van der Waals surface area contributed by atoms with Crippen molar-refractivity contribution in [2.24, 2.45) is 5.10 Å². The van der Waals surface area contributed by atoms with E-state index in [1.165, 1.54) is 18.4 Å². The summed E-state index contributed by atoms with van der Waals surface area (Å²) in [5.41, 5.74) is 5.34. The third kappa shape index (κ3) is 4.29. The fraction of sp³-hybridized carbons (Fsp3) is 0.158. The molecule has 1 heterocycles. The van der Waals surface area contributed by atoms with Crippen LogP contribution < -0.4 is 19.6 Å². The molecule has 0 unspecified atom stereocenters. The number of rotatable bonds is 7. The van der Waals surface area contributed by atoms with Gasteiger partial charge in [0.1, 0.15) is 11.5 Å². The summed E-state index contributed by atoms with van der Waals surface area (Å²) in [7, 11) is 4.72. The molecule has 8 heteroatoms. The highest BCUT2D eigenvalue weighted by Gasteiger charge is 2.11. The van der Waals surface area contributed by atoms with Crippen LogP contribution in [0.25, 0.3) is 11.3 Å². The predicted molar refractivity (Wildman–Crippen MR) is 107 cm³/mol. The van der Waals surface area contributed by atoms with Crippen LogP contribution in [0, 0.1) is 0 Å². The molecule has 0 atom stereocenters. The predicted octanol–water partition coefficient (Wildman–Crippen LogP) is 3.99. The fourth-order valence-electron chi connectivity index (χ4n) is 2.40. The Bertz CT molecular complexity index is 956. The molecule has 0 aliphatic rings. The maximum atomic E-state index is 9.61. The van der Waals surface area contributed by atoms with Crippen molar-refractivity contribution in [1.29, 1.82) is 0 Å². The van der Waals surface area contributed by atoms with E-state index in [1.807, 2.05) is 23.6 Å².